The Kier molecular flexibility index (Phi) is 9.03. The summed E-state index contributed by atoms with van der Waals surface area (Å²) in [6, 6.07) is 4.45. The first-order valence-electron chi connectivity index (χ1n) is 8.19. The molecule has 1 aliphatic heterocycles. The van der Waals surface area contributed by atoms with Crippen LogP contribution in [-0.4, -0.2) is 49.8 Å². The molecule has 24 heavy (non-hydrogen) atoms. The van der Waals surface area contributed by atoms with Gasteiger partial charge in [0.05, 0.1) is 18.3 Å². The average Bonchev–Trinajstić information content (AvgIpc) is 2.57. The van der Waals surface area contributed by atoms with Gasteiger partial charge in [0, 0.05) is 19.7 Å². The van der Waals surface area contributed by atoms with Crippen molar-refractivity contribution in [1.29, 1.82) is 0 Å². The summed E-state index contributed by atoms with van der Waals surface area (Å²) in [5, 5.41) is 0. The van der Waals surface area contributed by atoms with Crippen molar-refractivity contribution >= 4 is 18.3 Å². The van der Waals surface area contributed by atoms with Crippen LogP contribution >= 0.6 is 12.4 Å². The van der Waals surface area contributed by atoms with Gasteiger partial charge in [-0.05, 0) is 44.9 Å². The second-order valence-corrected chi connectivity index (χ2v) is 5.55. The smallest absolute Gasteiger partial charge is 0.257 e. The second kappa shape index (κ2) is 10.5. The minimum absolute atomic E-state index is 0. The number of carbonyl (C=O) groups excluding carboxylic acids is 1. The number of nitrogens with two attached hydrogens (primary N) is 1. The molecule has 0 spiro atoms. The van der Waals surface area contributed by atoms with Crippen LogP contribution in [0, 0.1) is 5.82 Å². The topological polar surface area (TPSA) is 64.8 Å². The highest BCUT2D eigenvalue weighted by Crippen LogP contribution is 2.25. The molecule has 2 N–H and O–H groups in total. The van der Waals surface area contributed by atoms with Gasteiger partial charge < -0.3 is 20.1 Å². The molecule has 136 valence electrons. The van der Waals surface area contributed by atoms with Gasteiger partial charge in [0.2, 0.25) is 0 Å². The number of hydrogen-bond donors (Lipinski definition) is 1. The van der Waals surface area contributed by atoms with Crippen molar-refractivity contribution in [1.82, 2.24) is 4.90 Å². The summed E-state index contributed by atoms with van der Waals surface area (Å²) in [5.74, 6) is -0.646. The fourth-order valence-corrected chi connectivity index (χ4v) is 2.70. The number of para-hydroxylation sites is 1. The minimum Gasteiger partial charge on any atom is -0.490 e. The van der Waals surface area contributed by atoms with Crippen LogP contribution in [0.2, 0.25) is 0 Å². The van der Waals surface area contributed by atoms with E-state index in [4.69, 9.17) is 15.2 Å². The molecule has 0 aromatic heterocycles. The lowest BCUT2D eigenvalue weighted by Gasteiger charge is -2.32. The van der Waals surface area contributed by atoms with Crippen molar-refractivity contribution in [3.63, 3.8) is 0 Å². The summed E-state index contributed by atoms with van der Waals surface area (Å²) in [6.45, 7) is 4.58. The van der Waals surface area contributed by atoms with Gasteiger partial charge in [-0.3, -0.25) is 4.79 Å². The van der Waals surface area contributed by atoms with E-state index >= 15 is 0 Å². The Morgan fingerprint density at radius 1 is 1.38 bits per heavy atom. The van der Waals surface area contributed by atoms with Gasteiger partial charge in [-0.2, -0.15) is 0 Å². The predicted molar refractivity (Wildman–Crippen MR) is 93.4 cm³/mol. The molecule has 1 aromatic carbocycles. The van der Waals surface area contributed by atoms with Crippen LogP contribution in [0.5, 0.6) is 5.75 Å². The Bertz CT molecular complexity index is 523. The molecule has 5 nitrogen and oxygen atoms in total. The Labute approximate surface area is 148 Å². The first-order chi connectivity index (χ1) is 11.2. The standard InChI is InChI=1S/C17H25FN2O3.ClH/c1-2-22-16-14(5-3-6-15(16)18)17(21)20-10-7-13(8-11-20)23-12-4-9-19;/h3,5-6,13H,2,4,7-12,19H2,1H3;1H. The molecule has 0 atom stereocenters. The summed E-state index contributed by atoms with van der Waals surface area (Å²) in [5.41, 5.74) is 5.73. The molecule has 1 fully saturated rings. The van der Waals surface area contributed by atoms with Gasteiger partial charge in [-0.1, -0.05) is 6.07 Å². The van der Waals surface area contributed by atoms with Crippen LogP contribution in [0.4, 0.5) is 4.39 Å². The largest absolute Gasteiger partial charge is 0.490 e. The SMILES string of the molecule is CCOc1c(F)cccc1C(=O)N1CCC(OCCCN)CC1.Cl. The molecule has 0 saturated carbocycles. The molecule has 1 saturated heterocycles. The molecule has 0 radical (unpaired) electrons. The van der Waals surface area contributed by atoms with Crippen LogP contribution in [0.25, 0.3) is 0 Å². The Morgan fingerprint density at radius 3 is 2.71 bits per heavy atom. The van der Waals surface area contributed by atoms with Crippen molar-refractivity contribution in [3.05, 3.63) is 29.6 Å². The van der Waals surface area contributed by atoms with E-state index in [0.717, 1.165) is 19.3 Å². The number of carbonyl (C=O) groups is 1. The molecule has 1 aromatic rings. The van der Waals surface area contributed by atoms with Crippen LogP contribution in [0.3, 0.4) is 0 Å². The maximum atomic E-state index is 13.9. The normalized spacial score (nSPS) is 15.0. The number of benzene rings is 1. The van der Waals surface area contributed by atoms with Crippen molar-refractivity contribution in [3.8, 4) is 5.75 Å². The van der Waals surface area contributed by atoms with Gasteiger partial charge >= 0.3 is 0 Å². The Morgan fingerprint density at radius 2 is 2.08 bits per heavy atom. The average molecular weight is 361 g/mol. The highest BCUT2D eigenvalue weighted by molar-refractivity contribution is 5.97. The Balaban J connectivity index is 0.00000288. The van der Waals surface area contributed by atoms with Gasteiger partial charge in [0.25, 0.3) is 5.91 Å². The second-order valence-electron chi connectivity index (χ2n) is 5.55. The molecular weight excluding hydrogens is 335 g/mol. The molecular formula is C17H26ClFN2O3. The number of piperidine rings is 1. The summed E-state index contributed by atoms with van der Waals surface area (Å²) >= 11 is 0. The lowest BCUT2D eigenvalue weighted by Crippen LogP contribution is -2.41. The lowest BCUT2D eigenvalue weighted by molar-refractivity contribution is 0.00834. The van der Waals surface area contributed by atoms with Crippen molar-refractivity contribution < 1.29 is 18.7 Å². The maximum absolute atomic E-state index is 13.9. The van der Waals surface area contributed by atoms with Crippen LogP contribution in [-0.2, 0) is 4.74 Å². The summed E-state index contributed by atoms with van der Waals surface area (Å²) in [4.78, 5) is 14.4. The molecule has 2 rings (SSSR count). The molecule has 0 bridgehead atoms. The van der Waals surface area contributed by atoms with Gasteiger partial charge in [-0.15, -0.1) is 12.4 Å². The zero-order valence-electron chi connectivity index (χ0n) is 14.0. The number of halogens is 2. The van der Waals surface area contributed by atoms with E-state index in [9.17, 15) is 9.18 Å². The molecule has 0 aliphatic carbocycles. The van der Waals surface area contributed by atoms with Crippen molar-refractivity contribution in [2.24, 2.45) is 5.73 Å². The van der Waals surface area contributed by atoms with Crippen molar-refractivity contribution in [2.45, 2.75) is 32.3 Å². The molecule has 1 heterocycles. The predicted octanol–water partition coefficient (Wildman–Crippen LogP) is 2.62. The van der Waals surface area contributed by atoms with E-state index in [1.54, 1.807) is 17.9 Å². The number of amides is 1. The summed E-state index contributed by atoms with van der Waals surface area (Å²) < 4.78 is 24.9. The maximum Gasteiger partial charge on any atom is 0.257 e. The molecule has 7 heteroatoms. The van der Waals surface area contributed by atoms with Crippen LogP contribution in [0.15, 0.2) is 18.2 Å². The fourth-order valence-electron chi connectivity index (χ4n) is 2.70. The highest BCUT2D eigenvalue weighted by Gasteiger charge is 2.26. The first kappa shape index (κ1) is 20.7. The van der Waals surface area contributed by atoms with E-state index in [0.29, 0.717) is 32.8 Å². The number of likely N-dealkylation sites (tertiary alicyclic amines) is 1. The third-order valence-electron chi connectivity index (χ3n) is 3.92. The number of rotatable bonds is 7. The molecule has 1 amide bonds. The van der Waals surface area contributed by atoms with Gasteiger partial charge in [-0.25, -0.2) is 4.39 Å². The lowest BCUT2D eigenvalue weighted by atomic mass is 10.1. The van der Waals surface area contributed by atoms with E-state index in [1.807, 2.05) is 0 Å². The van der Waals surface area contributed by atoms with E-state index in [2.05, 4.69) is 0 Å². The highest BCUT2D eigenvalue weighted by atomic mass is 35.5. The quantitative estimate of drug-likeness (QED) is 0.759. The zero-order chi connectivity index (χ0) is 16.7. The zero-order valence-corrected chi connectivity index (χ0v) is 14.8. The van der Waals surface area contributed by atoms with E-state index in [-0.39, 0.29) is 35.7 Å². The first-order valence-corrected chi connectivity index (χ1v) is 8.19. The van der Waals surface area contributed by atoms with Crippen molar-refractivity contribution in [2.75, 3.05) is 32.8 Å². The third-order valence-corrected chi connectivity index (χ3v) is 3.92. The summed E-state index contributed by atoms with van der Waals surface area (Å²) in [7, 11) is 0. The third kappa shape index (κ3) is 5.33. The summed E-state index contributed by atoms with van der Waals surface area (Å²) in [6.07, 6.45) is 2.59. The van der Waals surface area contributed by atoms with Crippen LogP contribution < -0.4 is 10.5 Å². The van der Waals surface area contributed by atoms with E-state index < -0.39 is 5.82 Å². The number of nitrogens with zero attached hydrogens (tertiary/aromatic N) is 1. The van der Waals surface area contributed by atoms with Gasteiger partial charge in [0.1, 0.15) is 0 Å². The number of hydrogen-bond acceptors (Lipinski definition) is 4. The minimum atomic E-state index is -0.502. The number of ether oxygens (including phenoxy) is 2. The van der Waals surface area contributed by atoms with Crippen LogP contribution in [0.1, 0.15) is 36.5 Å². The van der Waals surface area contributed by atoms with E-state index in [1.165, 1.54) is 12.1 Å². The Hall–Kier alpha value is -1.37. The fraction of sp³-hybridized carbons (Fsp3) is 0.588. The molecule has 0 unspecified atom stereocenters. The molecule has 1 aliphatic rings. The monoisotopic (exact) mass is 360 g/mol. The van der Waals surface area contributed by atoms with Gasteiger partial charge in [0.15, 0.2) is 11.6 Å².